The SMILES string of the molecule is CC(C)(Oc1ccc(C#N)cc1)C(O)Cc1ccc(OCc2ccccc2)c[n+]1[O-]. The Bertz CT molecular complexity index is 1010. The number of pyridine rings is 1. The molecular weight excluding hydrogens is 380 g/mol. The molecule has 6 heteroatoms. The van der Waals surface area contributed by atoms with Crippen LogP contribution >= 0.6 is 0 Å². The van der Waals surface area contributed by atoms with Crippen LogP contribution in [0.2, 0.25) is 0 Å². The molecule has 1 heterocycles. The third-order valence-corrected chi connectivity index (χ3v) is 4.79. The second-order valence-corrected chi connectivity index (χ2v) is 7.52. The fourth-order valence-electron chi connectivity index (χ4n) is 2.89. The molecule has 6 nitrogen and oxygen atoms in total. The van der Waals surface area contributed by atoms with E-state index in [4.69, 9.17) is 14.7 Å². The second-order valence-electron chi connectivity index (χ2n) is 7.52. The van der Waals surface area contributed by atoms with E-state index in [0.717, 1.165) is 5.56 Å². The first kappa shape index (κ1) is 21.2. The Labute approximate surface area is 176 Å². The molecule has 1 unspecified atom stereocenters. The molecule has 0 saturated heterocycles. The summed E-state index contributed by atoms with van der Waals surface area (Å²) in [6, 6.07) is 21.8. The summed E-state index contributed by atoms with van der Waals surface area (Å²) in [7, 11) is 0. The molecule has 0 spiro atoms. The summed E-state index contributed by atoms with van der Waals surface area (Å²) in [5.74, 6) is 0.998. The number of nitrogens with zero attached hydrogens (tertiary/aromatic N) is 2. The van der Waals surface area contributed by atoms with Crippen LogP contribution in [0.1, 0.15) is 30.7 Å². The third kappa shape index (κ3) is 5.49. The van der Waals surface area contributed by atoms with Crippen LogP contribution < -0.4 is 14.2 Å². The van der Waals surface area contributed by atoms with E-state index in [1.165, 1.54) is 6.20 Å². The summed E-state index contributed by atoms with van der Waals surface area (Å²) in [5.41, 5.74) is 1.01. The van der Waals surface area contributed by atoms with E-state index in [0.29, 0.717) is 34.1 Å². The molecule has 1 aromatic heterocycles. The largest absolute Gasteiger partial charge is 0.618 e. The lowest BCUT2D eigenvalue weighted by molar-refractivity contribution is -0.615. The summed E-state index contributed by atoms with van der Waals surface area (Å²) in [6.45, 7) is 3.87. The van der Waals surface area contributed by atoms with Gasteiger partial charge in [-0.15, -0.1) is 0 Å². The first-order valence-electron chi connectivity index (χ1n) is 9.63. The van der Waals surface area contributed by atoms with Crippen molar-refractivity contribution < 1.29 is 19.3 Å². The van der Waals surface area contributed by atoms with Crippen molar-refractivity contribution in [2.45, 2.75) is 38.6 Å². The van der Waals surface area contributed by atoms with Crippen LogP contribution in [0.15, 0.2) is 72.9 Å². The molecule has 0 aliphatic carbocycles. The Balaban J connectivity index is 1.61. The average Bonchev–Trinajstić information content (AvgIpc) is 2.75. The van der Waals surface area contributed by atoms with Gasteiger partial charge in [-0.25, -0.2) is 0 Å². The van der Waals surface area contributed by atoms with E-state index in [1.54, 1.807) is 50.2 Å². The summed E-state index contributed by atoms with van der Waals surface area (Å²) >= 11 is 0. The number of aliphatic hydroxyl groups excluding tert-OH is 1. The zero-order valence-corrected chi connectivity index (χ0v) is 17.0. The maximum atomic E-state index is 12.4. The molecular formula is C24H24N2O4. The highest BCUT2D eigenvalue weighted by atomic mass is 16.5. The summed E-state index contributed by atoms with van der Waals surface area (Å²) < 4.78 is 12.3. The van der Waals surface area contributed by atoms with Crippen molar-refractivity contribution in [2.75, 3.05) is 0 Å². The Morgan fingerprint density at radius 1 is 1.03 bits per heavy atom. The molecule has 0 fully saturated rings. The molecule has 0 bridgehead atoms. The number of nitriles is 1. The first-order valence-corrected chi connectivity index (χ1v) is 9.63. The van der Waals surface area contributed by atoms with E-state index in [1.807, 2.05) is 36.4 Å². The lowest BCUT2D eigenvalue weighted by Gasteiger charge is -2.31. The second kappa shape index (κ2) is 9.29. The van der Waals surface area contributed by atoms with Crippen molar-refractivity contribution in [1.82, 2.24) is 0 Å². The van der Waals surface area contributed by atoms with Crippen molar-refractivity contribution in [2.24, 2.45) is 0 Å². The Morgan fingerprint density at radius 3 is 2.33 bits per heavy atom. The zero-order valence-electron chi connectivity index (χ0n) is 17.0. The Hall–Kier alpha value is -3.56. The molecule has 1 N–H and O–H groups in total. The number of benzene rings is 2. The van der Waals surface area contributed by atoms with Gasteiger partial charge in [0.25, 0.3) is 0 Å². The van der Waals surface area contributed by atoms with Crippen molar-refractivity contribution in [3.8, 4) is 17.6 Å². The molecule has 0 saturated carbocycles. The van der Waals surface area contributed by atoms with Gasteiger partial charge in [0, 0.05) is 6.07 Å². The van der Waals surface area contributed by atoms with Gasteiger partial charge in [-0.05, 0) is 49.7 Å². The molecule has 2 aromatic carbocycles. The molecule has 1 atom stereocenters. The minimum Gasteiger partial charge on any atom is -0.618 e. The Kier molecular flexibility index (Phi) is 6.55. The minimum absolute atomic E-state index is 0.117. The van der Waals surface area contributed by atoms with Gasteiger partial charge in [0.1, 0.15) is 24.1 Å². The number of ether oxygens (including phenoxy) is 2. The van der Waals surface area contributed by atoms with Crippen LogP contribution in [0.5, 0.6) is 11.5 Å². The van der Waals surface area contributed by atoms with E-state index in [2.05, 4.69) is 0 Å². The highest BCUT2D eigenvalue weighted by Gasteiger charge is 2.32. The monoisotopic (exact) mass is 404 g/mol. The fraction of sp³-hybridized carbons (Fsp3) is 0.250. The standard InChI is InChI=1S/C24H24N2O4/c1-24(2,30-21-11-8-18(15-25)9-12-21)23(27)14-20-10-13-22(16-26(20)28)29-17-19-6-4-3-5-7-19/h3-13,16,23,27H,14,17H2,1-2H3. The molecule has 0 radical (unpaired) electrons. The van der Waals surface area contributed by atoms with Crippen LogP contribution in [0.4, 0.5) is 0 Å². The van der Waals surface area contributed by atoms with Gasteiger partial charge in [-0.1, -0.05) is 30.3 Å². The van der Waals surface area contributed by atoms with Crippen LogP contribution in [0, 0.1) is 16.5 Å². The minimum atomic E-state index is -0.941. The van der Waals surface area contributed by atoms with E-state index in [9.17, 15) is 10.3 Å². The number of aliphatic hydroxyl groups is 1. The maximum Gasteiger partial charge on any atom is 0.222 e. The lowest BCUT2D eigenvalue weighted by atomic mass is 9.96. The predicted octanol–water partition coefficient (Wildman–Crippen LogP) is 3.53. The quantitative estimate of drug-likeness (QED) is 0.458. The topological polar surface area (TPSA) is 89.4 Å². The van der Waals surface area contributed by atoms with Gasteiger partial charge >= 0.3 is 0 Å². The van der Waals surface area contributed by atoms with Gasteiger partial charge in [0.15, 0.2) is 11.4 Å². The van der Waals surface area contributed by atoms with Crippen LogP contribution in [0.25, 0.3) is 0 Å². The van der Waals surface area contributed by atoms with Crippen LogP contribution in [-0.2, 0) is 13.0 Å². The number of rotatable bonds is 8. The van der Waals surface area contributed by atoms with E-state index >= 15 is 0 Å². The molecule has 30 heavy (non-hydrogen) atoms. The van der Waals surface area contributed by atoms with Crippen molar-refractivity contribution in [3.63, 3.8) is 0 Å². The molecule has 3 aromatic rings. The molecule has 0 aliphatic rings. The van der Waals surface area contributed by atoms with Crippen LogP contribution in [0.3, 0.4) is 0 Å². The number of hydrogen-bond donors (Lipinski definition) is 1. The van der Waals surface area contributed by atoms with Gasteiger partial charge in [0.2, 0.25) is 6.20 Å². The van der Waals surface area contributed by atoms with Crippen molar-refractivity contribution >= 4 is 0 Å². The van der Waals surface area contributed by atoms with E-state index in [-0.39, 0.29) is 6.42 Å². The Morgan fingerprint density at radius 2 is 1.70 bits per heavy atom. The summed E-state index contributed by atoms with van der Waals surface area (Å²) in [5, 5.41) is 32.0. The number of aromatic nitrogens is 1. The van der Waals surface area contributed by atoms with Gasteiger partial charge in [0.05, 0.1) is 18.1 Å². The third-order valence-electron chi connectivity index (χ3n) is 4.79. The first-order chi connectivity index (χ1) is 14.4. The van der Waals surface area contributed by atoms with Gasteiger partial charge < -0.3 is 19.8 Å². The fourth-order valence-corrected chi connectivity index (χ4v) is 2.89. The maximum absolute atomic E-state index is 12.4. The van der Waals surface area contributed by atoms with Gasteiger partial charge in [-0.3, -0.25) is 0 Å². The highest BCUT2D eigenvalue weighted by Crippen LogP contribution is 2.23. The average molecular weight is 404 g/mol. The lowest BCUT2D eigenvalue weighted by Crippen LogP contribution is -2.45. The van der Waals surface area contributed by atoms with E-state index < -0.39 is 11.7 Å². The van der Waals surface area contributed by atoms with Crippen molar-refractivity contribution in [3.05, 3.63) is 95.0 Å². The highest BCUT2D eigenvalue weighted by molar-refractivity contribution is 5.34. The molecule has 0 amide bonds. The van der Waals surface area contributed by atoms with Gasteiger partial charge in [-0.2, -0.15) is 9.99 Å². The normalized spacial score (nSPS) is 12.1. The zero-order chi connectivity index (χ0) is 21.6. The van der Waals surface area contributed by atoms with Crippen LogP contribution in [-0.4, -0.2) is 16.8 Å². The smallest absolute Gasteiger partial charge is 0.222 e. The molecule has 0 aliphatic heterocycles. The van der Waals surface area contributed by atoms with Crippen molar-refractivity contribution in [1.29, 1.82) is 5.26 Å². The summed E-state index contributed by atoms with van der Waals surface area (Å²) in [6.07, 6.45) is 0.551. The summed E-state index contributed by atoms with van der Waals surface area (Å²) in [4.78, 5) is 0. The number of hydrogen-bond acceptors (Lipinski definition) is 5. The molecule has 3 rings (SSSR count). The molecule has 154 valence electrons. The predicted molar refractivity (Wildman–Crippen MR) is 112 cm³/mol.